The molecule has 4 nitrogen and oxygen atoms in total. The van der Waals surface area contributed by atoms with Crippen LogP contribution in [-0.2, 0) is 6.42 Å². The Morgan fingerprint density at radius 1 is 0.828 bits per heavy atom. The largest absolute Gasteiger partial charge is 0.508 e. The fraction of sp³-hybridized carbons (Fsp3) is 0.0417. The van der Waals surface area contributed by atoms with Gasteiger partial charge in [0.2, 0.25) is 0 Å². The molecule has 0 spiro atoms. The van der Waals surface area contributed by atoms with E-state index in [-0.39, 0.29) is 35.0 Å². The number of aromatic hydroxyl groups is 3. The van der Waals surface area contributed by atoms with E-state index in [1.54, 1.807) is 35.6 Å². The Morgan fingerprint density at radius 3 is 2.31 bits per heavy atom. The van der Waals surface area contributed by atoms with E-state index < -0.39 is 0 Å². The summed E-state index contributed by atoms with van der Waals surface area (Å²) in [7, 11) is 0. The summed E-state index contributed by atoms with van der Waals surface area (Å²) in [4.78, 5) is 14.1. The van der Waals surface area contributed by atoms with Gasteiger partial charge < -0.3 is 15.3 Å². The molecule has 0 atom stereocenters. The number of thiophene rings is 1. The van der Waals surface area contributed by atoms with Crippen molar-refractivity contribution in [3.63, 3.8) is 0 Å². The number of Topliss-reactive ketones (excluding diaryl/α,β-unsaturated/α-hetero) is 1. The van der Waals surface area contributed by atoms with E-state index in [0.29, 0.717) is 11.1 Å². The Hall–Kier alpha value is -3.57. The molecule has 4 aromatic rings. The maximum atomic E-state index is 13.0. The molecule has 0 fully saturated rings. The van der Waals surface area contributed by atoms with Gasteiger partial charge in [-0.15, -0.1) is 11.3 Å². The number of ketones is 1. The number of rotatable bonds is 5. The maximum absolute atomic E-state index is 13.0. The first-order valence-electron chi connectivity index (χ1n) is 9.03. The summed E-state index contributed by atoms with van der Waals surface area (Å²) >= 11 is 1.63. The summed E-state index contributed by atoms with van der Waals surface area (Å²) in [5.41, 5.74) is 3.14. The predicted molar refractivity (Wildman–Crippen MR) is 115 cm³/mol. The van der Waals surface area contributed by atoms with Gasteiger partial charge in [-0.1, -0.05) is 48.5 Å². The normalized spacial score (nSPS) is 10.8. The van der Waals surface area contributed by atoms with Crippen molar-refractivity contribution in [3.05, 3.63) is 89.3 Å². The Morgan fingerprint density at radius 2 is 1.59 bits per heavy atom. The molecule has 0 aliphatic carbocycles. The van der Waals surface area contributed by atoms with Gasteiger partial charge >= 0.3 is 0 Å². The number of carbonyl (C=O) groups is 1. The van der Waals surface area contributed by atoms with Crippen molar-refractivity contribution >= 4 is 17.1 Å². The average Bonchev–Trinajstić information content (AvgIpc) is 3.22. The number of hydrogen-bond acceptors (Lipinski definition) is 5. The molecule has 0 saturated carbocycles. The topological polar surface area (TPSA) is 77.8 Å². The SMILES string of the molecule is O=C(Cc1ccccc1-c1cccs1)c1cccc(-c2c(O)cc(O)cc2O)c1. The maximum Gasteiger partial charge on any atom is 0.167 e. The third-order valence-corrected chi connectivity index (χ3v) is 5.61. The van der Waals surface area contributed by atoms with Crippen LogP contribution in [0.2, 0.25) is 0 Å². The van der Waals surface area contributed by atoms with E-state index >= 15 is 0 Å². The molecule has 3 aromatic carbocycles. The van der Waals surface area contributed by atoms with E-state index in [2.05, 4.69) is 0 Å². The third-order valence-electron chi connectivity index (χ3n) is 4.71. The summed E-state index contributed by atoms with van der Waals surface area (Å²) in [6.45, 7) is 0. The number of hydrogen-bond donors (Lipinski definition) is 3. The molecule has 1 heterocycles. The molecule has 144 valence electrons. The highest BCUT2D eigenvalue weighted by Gasteiger charge is 2.16. The smallest absolute Gasteiger partial charge is 0.167 e. The fourth-order valence-electron chi connectivity index (χ4n) is 3.36. The highest BCUT2D eigenvalue weighted by Crippen LogP contribution is 2.40. The molecular weight excluding hydrogens is 384 g/mol. The summed E-state index contributed by atoms with van der Waals surface area (Å²) in [5, 5.41) is 31.8. The summed E-state index contributed by atoms with van der Waals surface area (Å²) < 4.78 is 0. The number of phenols is 3. The van der Waals surface area contributed by atoms with E-state index in [9.17, 15) is 20.1 Å². The average molecular weight is 402 g/mol. The predicted octanol–water partition coefficient (Wildman–Crippen LogP) is 5.62. The fourth-order valence-corrected chi connectivity index (χ4v) is 4.15. The summed E-state index contributed by atoms with van der Waals surface area (Å²) in [6.07, 6.45) is 0.241. The molecule has 0 saturated heterocycles. The first kappa shape index (κ1) is 18.8. The first-order chi connectivity index (χ1) is 14.0. The van der Waals surface area contributed by atoms with Gasteiger partial charge in [-0.05, 0) is 34.2 Å². The molecule has 0 radical (unpaired) electrons. The third kappa shape index (κ3) is 3.86. The highest BCUT2D eigenvalue weighted by atomic mass is 32.1. The summed E-state index contributed by atoms with van der Waals surface area (Å²) in [5.74, 6) is -0.806. The molecule has 0 amide bonds. The van der Waals surface area contributed by atoms with Crippen molar-refractivity contribution in [2.75, 3.05) is 0 Å². The van der Waals surface area contributed by atoms with Gasteiger partial charge in [-0.3, -0.25) is 4.79 Å². The molecule has 0 aliphatic rings. The zero-order valence-corrected chi connectivity index (χ0v) is 16.2. The Bertz CT molecular complexity index is 1160. The van der Waals surface area contributed by atoms with E-state index in [4.69, 9.17) is 0 Å². The zero-order valence-electron chi connectivity index (χ0n) is 15.4. The van der Waals surface area contributed by atoms with Crippen LogP contribution in [0.3, 0.4) is 0 Å². The van der Waals surface area contributed by atoms with Gasteiger partial charge in [0.15, 0.2) is 5.78 Å². The zero-order chi connectivity index (χ0) is 20.4. The molecular formula is C24H18O4S. The highest BCUT2D eigenvalue weighted by molar-refractivity contribution is 7.13. The van der Waals surface area contributed by atoms with Gasteiger partial charge in [-0.2, -0.15) is 0 Å². The Balaban J connectivity index is 1.66. The van der Waals surface area contributed by atoms with Crippen molar-refractivity contribution in [2.45, 2.75) is 6.42 Å². The van der Waals surface area contributed by atoms with Crippen molar-refractivity contribution in [1.29, 1.82) is 0 Å². The molecule has 1 aromatic heterocycles. The van der Waals surface area contributed by atoms with Gasteiger partial charge in [0.25, 0.3) is 0 Å². The van der Waals surface area contributed by atoms with Crippen molar-refractivity contribution in [1.82, 2.24) is 0 Å². The van der Waals surface area contributed by atoms with Crippen molar-refractivity contribution in [2.24, 2.45) is 0 Å². The molecule has 3 N–H and O–H groups in total. The molecule has 4 rings (SSSR count). The molecule has 0 aliphatic heterocycles. The molecule has 29 heavy (non-hydrogen) atoms. The van der Waals surface area contributed by atoms with Crippen LogP contribution in [0, 0.1) is 0 Å². The van der Waals surface area contributed by atoms with Gasteiger partial charge in [0.1, 0.15) is 17.2 Å². The lowest BCUT2D eigenvalue weighted by Crippen LogP contribution is -2.04. The second kappa shape index (κ2) is 7.81. The van der Waals surface area contributed by atoms with Gasteiger partial charge in [-0.25, -0.2) is 0 Å². The lowest BCUT2D eigenvalue weighted by Gasteiger charge is -2.11. The minimum atomic E-state index is -0.255. The number of benzene rings is 3. The van der Waals surface area contributed by atoms with Crippen LogP contribution in [0.4, 0.5) is 0 Å². The Kier molecular flexibility index (Phi) is 5.06. The van der Waals surface area contributed by atoms with Crippen LogP contribution in [0.15, 0.2) is 78.2 Å². The molecule has 5 heteroatoms. The number of carbonyl (C=O) groups excluding carboxylic acids is 1. The van der Waals surface area contributed by atoms with Crippen molar-refractivity contribution in [3.8, 4) is 38.8 Å². The van der Waals surface area contributed by atoms with E-state index in [1.807, 2.05) is 41.8 Å². The lowest BCUT2D eigenvalue weighted by atomic mass is 9.95. The van der Waals surface area contributed by atoms with E-state index in [0.717, 1.165) is 28.1 Å². The van der Waals surface area contributed by atoms with Gasteiger partial charge in [0.05, 0.1) is 5.56 Å². The van der Waals surface area contributed by atoms with E-state index in [1.165, 1.54) is 0 Å². The minimum absolute atomic E-state index is 0.0615. The second-order valence-electron chi connectivity index (χ2n) is 6.67. The van der Waals surface area contributed by atoms with Crippen LogP contribution in [0.25, 0.3) is 21.6 Å². The lowest BCUT2D eigenvalue weighted by molar-refractivity contribution is 0.0993. The van der Waals surface area contributed by atoms with Crippen LogP contribution in [0.1, 0.15) is 15.9 Å². The molecule has 0 bridgehead atoms. The number of phenolic OH excluding ortho intramolecular Hbond substituents is 3. The quantitative estimate of drug-likeness (QED) is 0.378. The summed E-state index contributed by atoms with van der Waals surface area (Å²) in [6, 6.07) is 20.9. The van der Waals surface area contributed by atoms with Crippen LogP contribution < -0.4 is 0 Å². The van der Waals surface area contributed by atoms with Crippen LogP contribution in [0.5, 0.6) is 17.2 Å². The van der Waals surface area contributed by atoms with Crippen LogP contribution in [-0.4, -0.2) is 21.1 Å². The molecule has 0 unspecified atom stereocenters. The van der Waals surface area contributed by atoms with Gasteiger partial charge in [0, 0.05) is 29.0 Å². The minimum Gasteiger partial charge on any atom is -0.508 e. The Labute approximate surface area is 172 Å². The standard InChI is InChI=1S/C24H18O4S/c25-18-13-21(27)24(22(28)14-18)17-7-3-6-16(11-17)20(26)12-15-5-1-2-8-19(15)23-9-4-10-29-23/h1-11,13-14,25,27-28H,12H2. The monoisotopic (exact) mass is 402 g/mol. The van der Waals surface area contributed by atoms with Crippen molar-refractivity contribution < 1.29 is 20.1 Å². The first-order valence-corrected chi connectivity index (χ1v) is 9.91. The van der Waals surface area contributed by atoms with Crippen LogP contribution >= 0.6 is 11.3 Å². The second-order valence-corrected chi connectivity index (χ2v) is 7.62.